The average Bonchev–Trinajstić information content (AvgIpc) is 3.48. The molecule has 0 saturated heterocycles. The van der Waals surface area contributed by atoms with Crippen LogP contribution in [0.3, 0.4) is 0 Å². The number of rotatable bonds is 5. The maximum atomic E-state index is 13.2. The van der Waals surface area contributed by atoms with Crippen LogP contribution in [0, 0.1) is 17.8 Å². The Balaban J connectivity index is 1.33. The van der Waals surface area contributed by atoms with Crippen molar-refractivity contribution < 1.29 is 9.53 Å². The molecule has 2 aliphatic carbocycles. The molecule has 5 atom stereocenters. The Labute approximate surface area is 195 Å². The number of carbonyl (C=O) groups is 1. The van der Waals surface area contributed by atoms with Gasteiger partial charge in [0.2, 0.25) is 0 Å². The van der Waals surface area contributed by atoms with E-state index in [-0.39, 0.29) is 5.91 Å². The lowest BCUT2D eigenvalue weighted by molar-refractivity contribution is 0.102. The van der Waals surface area contributed by atoms with Gasteiger partial charge in [-0.2, -0.15) is 0 Å². The van der Waals surface area contributed by atoms with E-state index < -0.39 is 0 Å². The molecule has 6 rings (SSSR count). The van der Waals surface area contributed by atoms with Crippen LogP contribution in [-0.4, -0.2) is 12.5 Å². The van der Waals surface area contributed by atoms with Gasteiger partial charge in [0.05, 0.1) is 18.3 Å². The summed E-state index contributed by atoms with van der Waals surface area (Å²) in [4.78, 5) is 13.2. The Hall–Kier alpha value is -3.27. The Morgan fingerprint density at radius 3 is 2.64 bits per heavy atom. The molecule has 33 heavy (non-hydrogen) atoms. The lowest BCUT2D eigenvalue weighted by atomic mass is 9.68. The van der Waals surface area contributed by atoms with Crippen LogP contribution < -0.4 is 15.4 Å². The minimum absolute atomic E-state index is 0.0881. The van der Waals surface area contributed by atoms with Gasteiger partial charge < -0.3 is 15.4 Å². The molecule has 0 aromatic heterocycles. The molecule has 2 bridgehead atoms. The number of anilines is 2. The predicted molar refractivity (Wildman–Crippen MR) is 132 cm³/mol. The molecule has 1 amide bonds. The second-order valence-corrected chi connectivity index (χ2v) is 9.65. The number of ether oxygens (including phenoxy) is 1. The van der Waals surface area contributed by atoms with Gasteiger partial charge in [-0.05, 0) is 91.3 Å². The molecule has 3 aliphatic rings. The summed E-state index contributed by atoms with van der Waals surface area (Å²) in [5.41, 5.74) is 5.30. The number of nitrogens with one attached hydrogen (secondary N) is 2. The van der Waals surface area contributed by atoms with Crippen molar-refractivity contribution in [3.8, 4) is 5.75 Å². The zero-order chi connectivity index (χ0) is 22.4. The largest absolute Gasteiger partial charge is 0.492 e. The van der Waals surface area contributed by atoms with Gasteiger partial charge in [0, 0.05) is 11.3 Å². The van der Waals surface area contributed by atoms with E-state index in [1.165, 1.54) is 36.1 Å². The molecule has 0 unspecified atom stereocenters. The molecule has 2 saturated carbocycles. The fraction of sp³-hybridized carbons (Fsp3) is 0.345. The van der Waals surface area contributed by atoms with Crippen molar-refractivity contribution in [3.05, 3.63) is 89.5 Å². The Morgan fingerprint density at radius 2 is 1.79 bits per heavy atom. The summed E-state index contributed by atoms with van der Waals surface area (Å²) in [7, 11) is 0. The third-order valence-electron chi connectivity index (χ3n) is 7.94. The van der Waals surface area contributed by atoms with E-state index in [1.54, 1.807) is 0 Å². The fourth-order valence-electron chi connectivity index (χ4n) is 6.66. The van der Waals surface area contributed by atoms with Crippen LogP contribution in [0.4, 0.5) is 11.4 Å². The average molecular weight is 439 g/mol. The standard InChI is InChI=1S/C29H30N2O2/c1-2-33-25-11-7-6-10-24(25)31-29(32)21-14-15-23-22(17-21)26-19-12-13-20(16-19)27(26)28(30-23)18-8-4-3-5-9-18/h3-11,14-15,17,19-20,26-28,30H,2,12-13,16H2,1H3,(H,31,32)/t19-,20-,26-,27-,28-/m0/s1. The number of hydrogen-bond donors (Lipinski definition) is 2. The van der Waals surface area contributed by atoms with Crippen LogP contribution in [0.5, 0.6) is 5.75 Å². The van der Waals surface area contributed by atoms with Crippen molar-refractivity contribution in [2.45, 2.75) is 38.1 Å². The molecular weight excluding hydrogens is 408 g/mol. The van der Waals surface area contributed by atoms with E-state index in [0.29, 0.717) is 41.5 Å². The molecule has 1 heterocycles. The SMILES string of the molecule is CCOc1ccccc1NC(=O)c1ccc2c(c1)[C@@H]1[C@H]3CC[C@@H](C3)[C@@H]1[C@H](c1ccccc1)N2. The minimum atomic E-state index is -0.0881. The summed E-state index contributed by atoms with van der Waals surface area (Å²) < 4.78 is 5.68. The lowest BCUT2D eigenvalue weighted by Crippen LogP contribution is -2.35. The third kappa shape index (κ3) is 3.49. The summed E-state index contributed by atoms with van der Waals surface area (Å²) in [6.07, 6.45) is 3.96. The topological polar surface area (TPSA) is 50.4 Å². The van der Waals surface area contributed by atoms with Crippen LogP contribution in [-0.2, 0) is 0 Å². The highest BCUT2D eigenvalue weighted by atomic mass is 16.5. The second kappa shape index (κ2) is 8.26. The number of para-hydroxylation sites is 2. The zero-order valence-electron chi connectivity index (χ0n) is 19.0. The second-order valence-electron chi connectivity index (χ2n) is 9.65. The molecular formula is C29H30N2O2. The van der Waals surface area contributed by atoms with Gasteiger partial charge in [-0.1, -0.05) is 42.5 Å². The van der Waals surface area contributed by atoms with E-state index >= 15 is 0 Å². The highest BCUT2D eigenvalue weighted by Gasteiger charge is 2.53. The van der Waals surface area contributed by atoms with Crippen molar-refractivity contribution in [1.29, 1.82) is 0 Å². The molecule has 1 aliphatic heterocycles. The first-order valence-electron chi connectivity index (χ1n) is 12.2. The number of benzene rings is 3. The van der Waals surface area contributed by atoms with Gasteiger partial charge in [0.1, 0.15) is 5.75 Å². The van der Waals surface area contributed by atoms with Crippen molar-refractivity contribution in [2.75, 3.05) is 17.2 Å². The van der Waals surface area contributed by atoms with Gasteiger partial charge in [-0.15, -0.1) is 0 Å². The number of amides is 1. The van der Waals surface area contributed by atoms with Crippen LogP contribution in [0.15, 0.2) is 72.8 Å². The van der Waals surface area contributed by atoms with Gasteiger partial charge in [0.25, 0.3) is 5.91 Å². The van der Waals surface area contributed by atoms with Gasteiger partial charge in [-0.3, -0.25) is 4.79 Å². The molecule has 4 nitrogen and oxygen atoms in total. The molecule has 3 aromatic carbocycles. The maximum absolute atomic E-state index is 13.2. The molecule has 2 fully saturated rings. The molecule has 0 radical (unpaired) electrons. The van der Waals surface area contributed by atoms with Crippen LogP contribution in [0.25, 0.3) is 0 Å². The molecule has 4 heteroatoms. The first-order valence-corrected chi connectivity index (χ1v) is 12.2. The first-order chi connectivity index (χ1) is 16.2. The fourth-order valence-corrected chi connectivity index (χ4v) is 6.66. The minimum Gasteiger partial charge on any atom is -0.492 e. The molecule has 3 aromatic rings. The van der Waals surface area contributed by atoms with Gasteiger partial charge in [0.15, 0.2) is 0 Å². The molecule has 2 N–H and O–H groups in total. The Kier molecular flexibility index (Phi) is 5.09. The highest BCUT2D eigenvalue weighted by Crippen LogP contribution is 2.63. The Morgan fingerprint density at radius 1 is 1.00 bits per heavy atom. The summed E-state index contributed by atoms with van der Waals surface area (Å²) >= 11 is 0. The zero-order valence-corrected chi connectivity index (χ0v) is 19.0. The monoisotopic (exact) mass is 438 g/mol. The summed E-state index contributed by atoms with van der Waals surface area (Å²) in [6.45, 7) is 2.51. The van der Waals surface area contributed by atoms with E-state index in [9.17, 15) is 4.79 Å². The maximum Gasteiger partial charge on any atom is 0.255 e. The number of fused-ring (bicyclic) bond motifs is 7. The third-order valence-corrected chi connectivity index (χ3v) is 7.94. The lowest BCUT2D eigenvalue weighted by Gasteiger charge is -2.43. The number of hydrogen-bond acceptors (Lipinski definition) is 3. The van der Waals surface area contributed by atoms with Gasteiger partial charge in [-0.25, -0.2) is 0 Å². The number of carbonyl (C=O) groups excluding carboxylic acids is 1. The Bertz CT molecular complexity index is 1180. The first kappa shape index (κ1) is 20.3. The molecule has 168 valence electrons. The normalized spacial score (nSPS) is 26.8. The van der Waals surface area contributed by atoms with Crippen molar-refractivity contribution >= 4 is 17.3 Å². The smallest absolute Gasteiger partial charge is 0.255 e. The van der Waals surface area contributed by atoms with Gasteiger partial charge >= 0.3 is 0 Å². The summed E-state index contributed by atoms with van der Waals surface area (Å²) in [6, 6.07) is 25.0. The van der Waals surface area contributed by atoms with Crippen molar-refractivity contribution in [2.24, 2.45) is 17.8 Å². The quantitative estimate of drug-likeness (QED) is 0.470. The highest BCUT2D eigenvalue weighted by molar-refractivity contribution is 6.05. The van der Waals surface area contributed by atoms with Crippen molar-refractivity contribution in [3.63, 3.8) is 0 Å². The van der Waals surface area contributed by atoms with Crippen molar-refractivity contribution in [1.82, 2.24) is 0 Å². The van der Waals surface area contributed by atoms with Crippen LogP contribution >= 0.6 is 0 Å². The van der Waals surface area contributed by atoms with E-state index in [1.807, 2.05) is 37.3 Å². The predicted octanol–water partition coefficient (Wildman–Crippen LogP) is 6.63. The summed E-state index contributed by atoms with van der Waals surface area (Å²) in [5, 5.41) is 6.92. The van der Waals surface area contributed by atoms with E-state index in [4.69, 9.17) is 4.74 Å². The van der Waals surface area contributed by atoms with E-state index in [2.05, 4.69) is 53.1 Å². The molecule has 0 spiro atoms. The van der Waals surface area contributed by atoms with Crippen LogP contribution in [0.2, 0.25) is 0 Å². The van der Waals surface area contributed by atoms with E-state index in [0.717, 1.165) is 11.8 Å². The summed E-state index contributed by atoms with van der Waals surface area (Å²) in [5.74, 6) is 3.22. The van der Waals surface area contributed by atoms with Crippen LogP contribution in [0.1, 0.15) is 59.6 Å².